The van der Waals surface area contributed by atoms with Crippen LogP contribution in [0.2, 0.25) is 0 Å². The predicted molar refractivity (Wildman–Crippen MR) is 112 cm³/mol. The Morgan fingerprint density at radius 2 is 1.79 bits per heavy atom. The number of carbonyl (C=O) groups excluding carboxylic acids is 1. The van der Waals surface area contributed by atoms with Gasteiger partial charge in [0, 0.05) is 11.4 Å². The number of carbonyl (C=O) groups is 1. The van der Waals surface area contributed by atoms with Crippen molar-refractivity contribution in [2.45, 2.75) is 26.7 Å². The molecule has 0 atom stereocenters. The van der Waals surface area contributed by atoms with Crippen LogP contribution >= 0.6 is 0 Å². The fourth-order valence-corrected chi connectivity index (χ4v) is 2.85. The Morgan fingerprint density at radius 3 is 2.39 bits per heavy atom. The number of hydrogen-bond donors (Lipinski definition) is 2. The molecular weight excluding hydrogens is 352 g/mol. The minimum absolute atomic E-state index is 0.262. The van der Waals surface area contributed by atoms with Gasteiger partial charge in [-0.1, -0.05) is 32.0 Å². The molecule has 3 aromatic rings. The molecule has 0 aliphatic carbocycles. The average Bonchev–Trinajstić information content (AvgIpc) is 2.70. The fourth-order valence-electron chi connectivity index (χ4n) is 2.85. The lowest BCUT2D eigenvalue weighted by atomic mass is 9.98. The van der Waals surface area contributed by atoms with Crippen LogP contribution in [-0.4, -0.2) is 23.0 Å². The third-order valence-electron chi connectivity index (χ3n) is 4.41. The molecule has 2 aromatic carbocycles. The zero-order valence-electron chi connectivity index (χ0n) is 16.5. The summed E-state index contributed by atoms with van der Waals surface area (Å²) in [5.74, 6) is 1.36. The van der Waals surface area contributed by atoms with Crippen molar-refractivity contribution in [1.29, 1.82) is 0 Å². The van der Waals surface area contributed by atoms with Crippen LogP contribution in [0.15, 0.2) is 54.9 Å². The predicted octanol–water partition coefficient (Wildman–Crippen LogP) is 4.91. The molecule has 0 unspecified atom stereocenters. The Labute approximate surface area is 165 Å². The summed E-state index contributed by atoms with van der Waals surface area (Å²) in [6.07, 6.45) is 3.01. The van der Waals surface area contributed by atoms with E-state index in [0.717, 1.165) is 28.3 Å². The molecule has 144 valence electrons. The maximum atomic E-state index is 12.6. The SMILES string of the molecule is COc1ccc(Nc2cnc(C(=O)Nc3c(C)cccc3C(C)C)cn2)cc1. The number of benzene rings is 2. The van der Waals surface area contributed by atoms with Gasteiger partial charge in [0.2, 0.25) is 0 Å². The van der Waals surface area contributed by atoms with Gasteiger partial charge in [0.25, 0.3) is 5.91 Å². The zero-order chi connectivity index (χ0) is 20.1. The number of aromatic nitrogens is 2. The van der Waals surface area contributed by atoms with E-state index in [0.29, 0.717) is 11.7 Å². The van der Waals surface area contributed by atoms with Gasteiger partial charge in [-0.2, -0.15) is 0 Å². The third-order valence-corrected chi connectivity index (χ3v) is 4.41. The maximum Gasteiger partial charge on any atom is 0.275 e. The van der Waals surface area contributed by atoms with Gasteiger partial charge in [-0.3, -0.25) is 4.79 Å². The molecule has 2 N–H and O–H groups in total. The summed E-state index contributed by atoms with van der Waals surface area (Å²) in [4.78, 5) is 21.2. The molecule has 0 aliphatic rings. The molecule has 0 spiro atoms. The maximum absolute atomic E-state index is 12.6. The number of methoxy groups -OCH3 is 1. The van der Waals surface area contributed by atoms with E-state index in [2.05, 4.69) is 34.4 Å². The van der Waals surface area contributed by atoms with Gasteiger partial charge in [0.1, 0.15) is 17.3 Å². The fraction of sp³-hybridized carbons (Fsp3) is 0.227. The largest absolute Gasteiger partial charge is 0.497 e. The molecule has 6 heteroatoms. The molecule has 0 saturated heterocycles. The number of nitrogens with zero attached hydrogens (tertiary/aromatic N) is 2. The molecule has 1 aromatic heterocycles. The van der Waals surface area contributed by atoms with Gasteiger partial charge < -0.3 is 15.4 Å². The molecule has 28 heavy (non-hydrogen) atoms. The minimum atomic E-state index is -0.278. The second-order valence-corrected chi connectivity index (χ2v) is 6.79. The number of para-hydroxylation sites is 1. The van der Waals surface area contributed by atoms with E-state index in [1.54, 1.807) is 13.3 Å². The van der Waals surface area contributed by atoms with Crippen LogP contribution in [0, 0.1) is 6.92 Å². The number of ether oxygens (including phenoxy) is 1. The number of amides is 1. The van der Waals surface area contributed by atoms with Gasteiger partial charge in [-0.15, -0.1) is 0 Å². The molecule has 0 bridgehead atoms. The lowest BCUT2D eigenvalue weighted by Gasteiger charge is -2.16. The van der Waals surface area contributed by atoms with Crippen molar-refractivity contribution < 1.29 is 9.53 Å². The first kappa shape index (κ1) is 19.4. The van der Waals surface area contributed by atoms with E-state index in [9.17, 15) is 4.79 Å². The van der Waals surface area contributed by atoms with E-state index in [1.807, 2.05) is 49.4 Å². The standard InChI is InChI=1S/C22H24N4O2/c1-14(2)18-7-5-6-15(3)21(18)26-22(27)19-12-24-20(13-23-19)25-16-8-10-17(28-4)11-9-16/h5-14H,1-4H3,(H,24,25)(H,26,27). The summed E-state index contributed by atoms with van der Waals surface area (Å²) in [5, 5.41) is 6.13. The van der Waals surface area contributed by atoms with Gasteiger partial charge in [0.15, 0.2) is 0 Å². The molecule has 1 amide bonds. The van der Waals surface area contributed by atoms with Crippen molar-refractivity contribution in [3.63, 3.8) is 0 Å². The summed E-state index contributed by atoms with van der Waals surface area (Å²) in [6, 6.07) is 13.5. The van der Waals surface area contributed by atoms with Crippen LogP contribution in [0.25, 0.3) is 0 Å². The Hall–Kier alpha value is -3.41. The van der Waals surface area contributed by atoms with E-state index in [4.69, 9.17) is 4.74 Å². The molecular formula is C22H24N4O2. The average molecular weight is 376 g/mol. The molecule has 0 aliphatic heterocycles. The van der Waals surface area contributed by atoms with E-state index < -0.39 is 0 Å². The monoisotopic (exact) mass is 376 g/mol. The van der Waals surface area contributed by atoms with Crippen molar-refractivity contribution in [3.8, 4) is 5.75 Å². The van der Waals surface area contributed by atoms with E-state index in [-0.39, 0.29) is 11.6 Å². The number of aryl methyl sites for hydroxylation is 1. The zero-order valence-corrected chi connectivity index (χ0v) is 16.5. The highest BCUT2D eigenvalue weighted by molar-refractivity contribution is 6.03. The van der Waals surface area contributed by atoms with E-state index >= 15 is 0 Å². The first-order valence-electron chi connectivity index (χ1n) is 9.12. The number of rotatable bonds is 6. The number of hydrogen-bond acceptors (Lipinski definition) is 5. The van der Waals surface area contributed by atoms with Crippen LogP contribution < -0.4 is 15.4 Å². The number of nitrogens with one attached hydrogen (secondary N) is 2. The van der Waals surface area contributed by atoms with Gasteiger partial charge in [-0.05, 0) is 48.2 Å². The quantitative estimate of drug-likeness (QED) is 0.639. The number of anilines is 3. The van der Waals surface area contributed by atoms with Crippen molar-refractivity contribution in [1.82, 2.24) is 9.97 Å². The molecule has 3 rings (SSSR count). The highest BCUT2D eigenvalue weighted by Crippen LogP contribution is 2.27. The Bertz CT molecular complexity index is 951. The third kappa shape index (κ3) is 4.46. The first-order valence-corrected chi connectivity index (χ1v) is 9.12. The second-order valence-electron chi connectivity index (χ2n) is 6.79. The highest BCUT2D eigenvalue weighted by atomic mass is 16.5. The lowest BCUT2D eigenvalue weighted by Crippen LogP contribution is -2.16. The van der Waals surface area contributed by atoms with Crippen molar-refractivity contribution in [2.75, 3.05) is 17.7 Å². The first-order chi connectivity index (χ1) is 13.5. The molecule has 0 saturated carbocycles. The van der Waals surface area contributed by atoms with Crippen molar-refractivity contribution >= 4 is 23.1 Å². The van der Waals surface area contributed by atoms with Crippen LogP contribution in [0.1, 0.15) is 41.4 Å². The summed E-state index contributed by atoms with van der Waals surface area (Å²) in [5.41, 5.74) is 4.07. The second kappa shape index (κ2) is 8.52. The van der Waals surface area contributed by atoms with Gasteiger partial charge >= 0.3 is 0 Å². The minimum Gasteiger partial charge on any atom is -0.497 e. The summed E-state index contributed by atoms with van der Waals surface area (Å²) in [7, 11) is 1.62. The van der Waals surface area contributed by atoms with Crippen LogP contribution in [0.3, 0.4) is 0 Å². The lowest BCUT2D eigenvalue weighted by molar-refractivity contribution is 0.102. The normalized spacial score (nSPS) is 10.6. The highest BCUT2D eigenvalue weighted by Gasteiger charge is 2.14. The summed E-state index contributed by atoms with van der Waals surface area (Å²) < 4.78 is 5.14. The Balaban J connectivity index is 1.72. The summed E-state index contributed by atoms with van der Waals surface area (Å²) >= 11 is 0. The van der Waals surface area contributed by atoms with E-state index in [1.165, 1.54) is 6.20 Å². The Kier molecular flexibility index (Phi) is 5.89. The van der Waals surface area contributed by atoms with Gasteiger partial charge in [-0.25, -0.2) is 9.97 Å². The molecule has 0 fully saturated rings. The smallest absolute Gasteiger partial charge is 0.275 e. The van der Waals surface area contributed by atoms with Crippen molar-refractivity contribution in [3.05, 3.63) is 71.7 Å². The summed E-state index contributed by atoms with van der Waals surface area (Å²) in [6.45, 7) is 6.18. The topological polar surface area (TPSA) is 76.1 Å². The molecule has 1 heterocycles. The molecule has 6 nitrogen and oxygen atoms in total. The van der Waals surface area contributed by atoms with Gasteiger partial charge in [0.05, 0.1) is 19.5 Å². The molecule has 0 radical (unpaired) electrons. The van der Waals surface area contributed by atoms with Crippen LogP contribution in [-0.2, 0) is 0 Å². The van der Waals surface area contributed by atoms with Crippen LogP contribution in [0.4, 0.5) is 17.2 Å². The Morgan fingerprint density at radius 1 is 1.04 bits per heavy atom. The van der Waals surface area contributed by atoms with Crippen LogP contribution in [0.5, 0.6) is 5.75 Å². The van der Waals surface area contributed by atoms with Crippen molar-refractivity contribution in [2.24, 2.45) is 0 Å².